The molecule has 1 saturated carbocycles. The predicted octanol–water partition coefficient (Wildman–Crippen LogP) is 3.02. The molecule has 0 radical (unpaired) electrons. The van der Waals surface area contributed by atoms with Crippen molar-refractivity contribution < 1.29 is 13.3 Å². The van der Waals surface area contributed by atoms with E-state index in [1.807, 2.05) is 0 Å². The Hall–Kier alpha value is -0.560. The molecule has 1 fully saturated rings. The molecule has 0 aromatic carbocycles. The summed E-state index contributed by atoms with van der Waals surface area (Å²) in [6.45, 7) is 0. The molecule has 0 amide bonds. The van der Waals surface area contributed by atoms with Crippen molar-refractivity contribution in [3.63, 3.8) is 0 Å². The van der Waals surface area contributed by atoms with Gasteiger partial charge in [0.05, 0.1) is 5.54 Å². The average Bonchev–Trinajstić information content (AvgIpc) is 2.64. The maximum Gasteiger partial charge on any atom is 0.378 e. The molecule has 7 heteroatoms. The summed E-state index contributed by atoms with van der Waals surface area (Å²) < 4.78 is 30.4. The van der Waals surface area contributed by atoms with Crippen LogP contribution >= 0.6 is 15.9 Å². The van der Waals surface area contributed by atoms with Gasteiger partial charge in [0.15, 0.2) is 5.82 Å². The van der Waals surface area contributed by atoms with Crippen molar-refractivity contribution in [3.05, 3.63) is 11.7 Å². The van der Waals surface area contributed by atoms with E-state index in [4.69, 9.17) is 5.73 Å². The summed E-state index contributed by atoms with van der Waals surface area (Å²) in [5.41, 5.74) is 5.47. The van der Waals surface area contributed by atoms with Crippen LogP contribution in [0, 0.1) is 0 Å². The maximum absolute atomic E-state index is 12.9. The minimum atomic E-state index is -3.29. The number of hydrogen-bond acceptors (Lipinski definition) is 4. The summed E-state index contributed by atoms with van der Waals surface area (Å²) in [6.07, 6.45) is 5.56. The number of alkyl halides is 3. The van der Waals surface area contributed by atoms with Crippen LogP contribution in [0.1, 0.15) is 50.2 Å². The second kappa shape index (κ2) is 4.61. The molecule has 1 aliphatic rings. The van der Waals surface area contributed by atoms with Crippen molar-refractivity contribution in [1.29, 1.82) is 0 Å². The van der Waals surface area contributed by atoms with E-state index in [1.54, 1.807) is 0 Å². The van der Waals surface area contributed by atoms with Crippen molar-refractivity contribution >= 4 is 15.9 Å². The number of nitrogens with two attached hydrogens (primary N) is 1. The van der Waals surface area contributed by atoms with Crippen molar-refractivity contribution in [3.8, 4) is 0 Å². The average molecular weight is 310 g/mol. The molecule has 0 bridgehead atoms. The van der Waals surface area contributed by atoms with Gasteiger partial charge in [-0.25, -0.2) is 0 Å². The smallest absolute Gasteiger partial charge is 0.331 e. The second-order valence-corrected chi connectivity index (χ2v) is 5.49. The van der Waals surface area contributed by atoms with Gasteiger partial charge in [-0.3, -0.25) is 0 Å². The summed E-state index contributed by atoms with van der Waals surface area (Å²) >= 11 is 2.19. The molecule has 0 unspecified atom stereocenters. The van der Waals surface area contributed by atoms with Crippen molar-refractivity contribution in [2.75, 3.05) is 0 Å². The molecule has 0 spiro atoms. The first-order valence-electron chi connectivity index (χ1n) is 5.62. The lowest BCUT2D eigenvalue weighted by Gasteiger charge is -2.23. The molecule has 4 nitrogen and oxygen atoms in total. The first-order valence-corrected chi connectivity index (χ1v) is 6.41. The highest BCUT2D eigenvalue weighted by Crippen LogP contribution is 2.36. The van der Waals surface area contributed by atoms with E-state index in [2.05, 4.69) is 30.6 Å². The predicted molar refractivity (Wildman–Crippen MR) is 60.7 cm³/mol. The van der Waals surface area contributed by atoms with Gasteiger partial charge in [-0.15, -0.1) is 0 Å². The number of nitrogens with zero attached hydrogens (tertiary/aromatic N) is 2. The molecule has 1 aromatic rings. The van der Waals surface area contributed by atoms with Crippen LogP contribution in [0.15, 0.2) is 4.52 Å². The van der Waals surface area contributed by atoms with Crippen LogP contribution < -0.4 is 5.73 Å². The fourth-order valence-corrected chi connectivity index (χ4v) is 2.28. The van der Waals surface area contributed by atoms with E-state index in [9.17, 15) is 8.78 Å². The molecule has 96 valence electrons. The van der Waals surface area contributed by atoms with Crippen LogP contribution in [0.3, 0.4) is 0 Å². The van der Waals surface area contributed by atoms with Gasteiger partial charge in [-0.05, 0) is 12.8 Å². The Morgan fingerprint density at radius 2 is 1.82 bits per heavy atom. The molecular formula is C10H14BrF2N3O. The zero-order valence-corrected chi connectivity index (χ0v) is 10.8. The highest BCUT2D eigenvalue weighted by Gasteiger charge is 2.39. The highest BCUT2D eigenvalue weighted by atomic mass is 79.9. The van der Waals surface area contributed by atoms with Crippen molar-refractivity contribution in [2.45, 2.75) is 48.9 Å². The Morgan fingerprint density at radius 1 is 1.24 bits per heavy atom. The summed E-state index contributed by atoms with van der Waals surface area (Å²) in [4.78, 5) is 0.427. The van der Waals surface area contributed by atoms with E-state index >= 15 is 0 Å². The van der Waals surface area contributed by atoms with Crippen molar-refractivity contribution in [2.24, 2.45) is 5.73 Å². The Bertz CT molecular complexity index is 383. The molecule has 1 aromatic heterocycles. The van der Waals surface area contributed by atoms with Gasteiger partial charge in [0, 0.05) is 15.9 Å². The topological polar surface area (TPSA) is 64.9 Å². The summed E-state index contributed by atoms with van der Waals surface area (Å²) in [7, 11) is 0. The van der Waals surface area contributed by atoms with Crippen LogP contribution in [0.25, 0.3) is 0 Å². The van der Waals surface area contributed by atoms with Gasteiger partial charge in [-0.2, -0.15) is 13.8 Å². The second-order valence-electron chi connectivity index (χ2n) is 4.49. The van der Waals surface area contributed by atoms with Crippen LogP contribution in [0.4, 0.5) is 8.78 Å². The van der Waals surface area contributed by atoms with Gasteiger partial charge in [0.1, 0.15) is 0 Å². The van der Waals surface area contributed by atoms with Gasteiger partial charge in [-0.1, -0.05) is 30.8 Å². The SMILES string of the molecule is NC1(c2noc(C(F)(F)Br)n2)CCCCCC1. The Morgan fingerprint density at radius 3 is 2.29 bits per heavy atom. The lowest BCUT2D eigenvalue weighted by atomic mass is 9.91. The molecule has 2 N–H and O–H groups in total. The van der Waals surface area contributed by atoms with E-state index in [0.717, 1.165) is 25.7 Å². The Kier molecular flexibility index (Phi) is 3.49. The van der Waals surface area contributed by atoms with E-state index in [1.165, 1.54) is 0 Å². The first kappa shape index (κ1) is 12.9. The molecule has 17 heavy (non-hydrogen) atoms. The van der Waals surface area contributed by atoms with Gasteiger partial charge in [0.2, 0.25) is 0 Å². The zero-order chi connectivity index (χ0) is 12.5. The van der Waals surface area contributed by atoms with Crippen LogP contribution in [-0.4, -0.2) is 10.1 Å². The molecule has 0 saturated heterocycles. The summed E-state index contributed by atoms with van der Waals surface area (Å²) in [5, 5.41) is 3.60. The lowest BCUT2D eigenvalue weighted by molar-refractivity contribution is 0.0725. The van der Waals surface area contributed by atoms with Gasteiger partial charge < -0.3 is 10.3 Å². The molecule has 0 aliphatic heterocycles. The van der Waals surface area contributed by atoms with E-state index < -0.39 is 16.3 Å². The van der Waals surface area contributed by atoms with Crippen LogP contribution in [0.2, 0.25) is 0 Å². The van der Waals surface area contributed by atoms with Gasteiger partial charge in [0.25, 0.3) is 0 Å². The fourth-order valence-electron chi connectivity index (χ4n) is 2.12. The highest BCUT2D eigenvalue weighted by molar-refractivity contribution is 9.09. The third kappa shape index (κ3) is 2.82. The zero-order valence-electron chi connectivity index (χ0n) is 9.26. The number of rotatable bonds is 2. The number of hydrogen-bond donors (Lipinski definition) is 1. The number of halogens is 3. The minimum Gasteiger partial charge on any atom is -0.331 e. The normalized spacial score (nSPS) is 21.2. The largest absolute Gasteiger partial charge is 0.378 e. The van der Waals surface area contributed by atoms with E-state index in [-0.39, 0.29) is 5.82 Å². The third-order valence-corrected chi connectivity index (χ3v) is 3.45. The first-order chi connectivity index (χ1) is 7.92. The molecule has 1 aliphatic carbocycles. The van der Waals surface area contributed by atoms with Crippen LogP contribution in [0.5, 0.6) is 0 Å². The standard InChI is InChI=1S/C10H14BrF2N3O/c11-10(12,13)8-15-7(16-17-8)9(14)5-3-1-2-4-6-9/h1-6,14H2. The summed E-state index contributed by atoms with van der Waals surface area (Å²) in [5.74, 6) is -0.546. The maximum atomic E-state index is 12.9. The quantitative estimate of drug-likeness (QED) is 0.673. The third-order valence-electron chi connectivity index (χ3n) is 3.11. The monoisotopic (exact) mass is 309 g/mol. The van der Waals surface area contributed by atoms with Crippen molar-refractivity contribution in [1.82, 2.24) is 10.1 Å². The molecular weight excluding hydrogens is 296 g/mol. The molecule has 2 rings (SSSR count). The Labute approximate surface area is 106 Å². The van der Waals surface area contributed by atoms with E-state index in [0.29, 0.717) is 12.8 Å². The van der Waals surface area contributed by atoms with Gasteiger partial charge >= 0.3 is 10.7 Å². The minimum absolute atomic E-state index is 0.188. The Balaban J connectivity index is 2.23. The number of aromatic nitrogens is 2. The molecule has 0 atom stereocenters. The van der Waals surface area contributed by atoms with Crippen LogP contribution in [-0.2, 0) is 10.4 Å². The molecule has 1 heterocycles. The lowest BCUT2D eigenvalue weighted by Crippen LogP contribution is -2.37. The summed E-state index contributed by atoms with van der Waals surface area (Å²) in [6, 6.07) is 0. The fraction of sp³-hybridized carbons (Fsp3) is 0.800.